The van der Waals surface area contributed by atoms with Crippen molar-refractivity contribution in [2.75, 3.05) is 17.8 Å². The molecule has 2 amide bonds. The van der Waals surface area contributed by atoms with E-state index in [-0.39, 0.29) is 12.8 Å². The minimum atomic E-state index is -0.325. The molecule has 0 saturated heterocycles. The van der Waals surface area contributed by atoms with Gasteiger partial charge in [0, 0.05) is 11.4 Å². The lowest BCUT2D eigenvalue weighted by Crippen LogP contribution is -2.32. The molecule has 5 nitrogen and oxygen atoms in total. The van der Waals surface area contributed by atoms with Crippen LogP contribution in [-0.4, -0.2) is 12.8 Å². The van der Waals surface area contributed by atoms with Crippen LogP contribution in [0.4, 0.5) is 16.2 Å². The second-order valence-corrected chi connectivity index (χ2v) is 4.50. The molecule has 0 aliphatic carbocycles. The first kappa shape index (κ1) is 14.7. The highest BCUT2D eigenvalue weighted by molar-refractivity contribution is 5.89. The minimum Gasteiger partial charge on any atom is -0.473 e. The highest BCUT2D eigenvalue weighted by atomic mass is 16.5. The Kier molecular flexibility index (Phi) is 5.04. The van der Waals surface area contributed by atoms with E-state index in [1.807, 2.05) is 24.3 Å². The number of aryl methyl sites for hydroxylation is 1. The number of benzene rings is 2. The lowest BCUT2D eigenvalue weighted by molar-refractivity contribution is 0.234. The van der Waals surface area contributed by atoms with Crippen molar-refractivity contribution in [1.29, 1.82) is 0 Å². The maximum absolute atomic E-state index is 11.7. The van der Waals surface area contributed by atoms with Crippen LogP contribution in [0.5, 0.6) is 5.75 Å². The molecule has 21 heavy (non-hydrogen) atoms. The molecule has 0 bridgehead atoms. The Morgan fingerprint density at radius 2 is 1.86 bits per heavy atom. The van der Waals surface area contributed by atoms with Gasteiger partial charge >= 0.3 is 6.03 Å². The van der Waals surface area contributed by atoms with Gasteiger partial charge in [0.2, 0.25) is 0 Å². The number of amides is 2. The van der Waals surface area contributed by atoms with Gasteiger partial charge in [-0.3, -0.25) is 0 Å². The van der Waals surface area contributed by atoms with E-state index in [1.54, 1.807) is 24.3 Å². The quantitative estimate of drug-likeness (QED) is 0.584. The van der Waals surface area contributed by atoms with Crippen LogP contribution < -0.4 is 21.1 Å². The number of carbonyl (C=O) groups is 1. The Hall–Kier alpha value is -2.69. The molecular weight excluding hydrogens is 266 g/mol. The van der Waals surface area contributed by atoms with Gasteiger partial charge in [-0.05, 0) is 42.3 Å². The zero-order valence-corrected chi connectivity index (χ0v) is 11.9. The number of nitrogen functional groups attached to an aromatic ring is 1. The Labute approximate surface area is 124 Å². The van der Waals surface area contributed by atoms with E-state index in [9.17, 15) is 4.79 Å². The van der Waals surface area contributed by atoms with Gasteiger partial charge in [0.15, 0.2) is 6.73 Å². The van der Waals surface area contributed by atoms with Crippen LogP contribution >= 0.6 is 0 Å². The summed E-state index contributed by atoms with van der Waals surface area (Å²) in [5, 5.41) is 5.34. The molecule has 0 aliphatic rings. The SMILES string of the molecule is CCc1ccccc1OCNC(=O)Nc1ccc(N)cc1. The monoisotopic (exact) mass is 285 g/mol. The Balaban J connectivity index is 1.80. The summed E-state index contributed by atoms with van der Waals surface area (Å²) in [7, 11) is 0. The van der Waals surface area contributed by atoms with E-state index < -0.39 is 0 Å². The second-order valence-electron chi connectivity index (χ2n) is 4.50. The fourth-order valence-electron chi connectivity index (χ4n) is 1.86. The molecule has 2 aromatic carbocycles. The van der Waals surface area contributed by atoms with Crippen LogP contribution in [-0.2, 0) is 6.42 Å². The minimum absolute atomic E-state index is 0.109. The van der Waals surface area contributed by atoms with Crippen molar-refractivity contribution in [3.05, 3.63) is 54.1 Å². The van der Waals surface area contributed by atoms with Gasteiger partial charge in [-0.15, -0.1) is 0 Å². The average Bonchev–Trinajstić information content (AvgIpc) is 2.50. The van der Waals surface area contributed by atoms with E-state index in [2.05, 4.69) is 17.6 Å². The lowest BCUT2D eigenvalue weighted by atomic mass is 10.1. The molecule has 0 saturated carbocycles. The third-order valence-electron chi connectivity index (χ3n) is 2.98. The number of urea groups is 1. The molecular formula is C16H19N3O2. The zero-order chi connectivity index (χ0) is 15.1. The summed E-state index contributed by atoms with van der Waals surface area (Å²) in [4.78, 5) is 11.7. The smallest absolute Gasteiger partial charge is 0.321 e. The molecule has 2 rings (SSSR count). The van der Waals surface area contributed by atoms with E-state index >= 15 is 0 Å². The number of rotatable bonds is 5. The maximum atomic E-state index is 11.7. The molecule has 0 spiro atoms. The Morgan fingerprint density at radius 3 is 2.57 bits per heavy atom. The number of nitrogens with one attached hydrogen (secondary N) is 2. The number of anilines is 2. The van der Waals surface area contributed by atoms with Crippen molar-refractivity contribution in [3.8, 4) is 5.75 Å². The first-order valence-corrected chi connectivity index (χ1v) is 6.80. The molecule has 0 heterocycles. The number of ether oxygens (including phenoxy) is 1. The van der Waals surface area contributed by atoms with Crippen molar-refractivity contribution in [2.24, 2.45) is 0 Å². The highest BCUT2D eigenvalue weighted by Gasteiger charge is 2.03. The molecule has 4 N–H and O–H groups in total. The van der Waals surface area contributed by atoms with Crippen LogP contribution in [0.25, 0.3) is 0 Å². The van der Waals surface area contributed by atoms with Crippen molar-refractivity contribution < 1.29 is 9.53 Å². The Morgan fingerprint density at radius 1 is 1.14 bits per heavy atom. The second kappa shape index (κ2) is 7.19. The normalized spacial score (nSPS) is 9.95. The number of hydrogen-bond acceptors (Lipinski definition) is 3. The van der Waals surface area contributed by atoms with Crippen LogP contribution in [0, 0.1) is 0 Å². The lowest BCUT2D eigenvalue weighted by Gasteiger charge is -2.12. The fourth-order valence-corrected chi connectivity index (χ4v) is 1.86. The predicted molar refractivity (Wildman–Crippen MR) is 84.3 cm³/mol. The van der Waals surface area contributed by atoms with Crippen molar-refractivity contribution in [2.45, 2.75) is 13.3 Å². The summed E-state index contributed by atoms with van der Waals surface area (Å²) in [5.74, 6) is 0.785. The summed E-state index contributed by atoms with van der Waals surface area (Å²) < 4.78 is 5.56. The van der Waals surface area contributed by atoms with Crippen LogP contribution in [0.15, 0.2) is 48.5 Å². The van der Waals surface area contributed by atoms with Crippen LogP contribution in [0.3, 0.4) is 0 Å². The van der Waals surface area contributed by atoms with Gasteiger partial charge < -0.3 is 21.1 Å². The van der Waals surface area contributed by atoms with Gasteiger partial charge in [-0.1, -0.05) is 25.1 Å². The van der Waals surface area contributed by atoms with Crippen LogP contribution in [0.2, 0.25) is 0 Å². The first-order valence-electron chi connectivity index (χ1n) is 6.80. The van der Waals surface area contributed by atoms with Crippen molar-refractivity contribution in [1.82, 2.24) is 5.32 Å². The topological polar surface area (TPSA) is 76.4 Å². The summed E-state index contributed by atoms with van der Waals surface area (Å²) >= 11 is 0. The molecule has 0 atom stereocenters. The van der Waals surface area contributed by atoms with E-state index in [4.69, 9.17) is 10.5 Å². The third kappa shape index (κ3) is 4.42. The van der Waals surface area contributed by atoms with Gasteiger partial charge in [0.1, 0.15) is 5.75 Å². The van der Waals surface area contributed by atoms with Gasteiger partial charge in [0.25, 0.3) is 0 Å². The molecule has 0 radical (unpaired) electrons. The molecule has 0 unspecified atom stereocenters. The van der Waals surface area contributed by atoms with E-state index in [0.717, 1.165) is 17.7 Å². The van der Waals surface area contributed by atoms with E-state index in [1.165, 1.54) is 0 Å². The van der Waals surface area contributed by atoms with Crippen molar-refractivity contribution >= 4 is 17.4 Å². The summed E-state index contributed by atoms with van der Waals surface area (Å²) in [6.07, 6.45) is 0.883. The van der Waals surface area contributed by atoms with Gasteiger partial charge in [-0.25, -0.2) is 4.79 Å². The average molecular weight is 285 g/mol. The molecule has 0 aromatic heterocycles. The maximum Gasteiger partial charge on any atom is 0.321 e. The largest absolute Gasteiger partial charge is 0.473 e. The van der Waals surface area contributed by atoms with Crippen LogP contribution in [0.1, 0.15) is 12.5 Å². The van der Waals surface area contributed by atoms with Gasteiger partial charge in [0.05, 0.1) is 0 Å². The molecule has 5 heteroatoms. The Bertz CT molecular complexity index is 597. The number of carbonyl (C=O) groups excluding carboxylic acids is 1. The molecule has 0 aliphatic heterocycles. The zero-order valence-electron chi connectivity index (χ0n) is 11.9. The third-order valence-corrected chi connectivity index (χ3v) is 2.98. The molecule has 0 fully saturated rings. The standard InChI is InChI=1S/C16H19N3O2/c1-2-12-5-3-4-6-15(12)21-11-18-16(20)19-14-9-7-13(17)8-10-14/h3-10H,2,11,17H2,1H3,(H2,18,19,20). The molecule has 110 valence electrons. The first-order chi connectivity index (χ1) is 10.2. The summed E-state index contributed by atoms with van der Waals surface area (Å²) in [6, 6.07) is 14.4. The predicted octanol–water partition coefficient (Wildman–Crippen LogP) is 2.99. The molecule has 2 aromatic rings. The highest BCUT2D eigenvalue weighted by Crippen LogP contribution is 2.17. The summed E-state index contributed by atoms with van der Waals surface area (Å²) in [5.41, 5.74) is 8.02. The fraction of sp³-hybridized carbons (Fsp3) is 0.188. The number of nitrogens with two attached hydrogens (primary N) is 1. The van der Waals surface area contributed by atoms with E-state index in [0.29, 0.717) is 11.4 Å². The number of hydrogen-bond donors (Lipinski definition) is 3. The summed E-state index contributed by atoms with van der Waals surface area (Å²) in [6.45, 7) is 2.17. The number of para-hydroxylation sites is 1. The van der Waals surface area contributed by atoms with Gasteiger partial charge in [-0.2, -0.15) is 0 Å². The van der Waals surface area contributed by atoms with Crippen molar-refractivity contribution in [3.63, 3.8) is 0 Å².